The Labute approximate surface area is 81.1 Å². The van der Waals surface area contributed by atoms with Gasteiger partial charge in [0.25, 0.3) is 5.91 Å². The van der Waals surface area contributed by atoms with E-state index in [2.05, 4.69) is 9.47 Å². The number of amides is 2. The van der Waals surface area contributed by atoms with E-state index in [4.69, 9.17) is 5.26 Å². The van der Waals surface area contributed by atoms with Crippen LogP contribution in [0.1, 0.15) is 6.92 Å². The summed E-state index contributed by atoms with van der Waals surface area (Å²) in [6, 6.07) is 1.57. The van der Waals surface area contributed by atoms with Crippen LogP contribution in [0.3, 0.4) is 0 Å². The molecular weight excluding hydrogens is 188 g/mol. The van der Waals surface area contributed by atoms with Crippen LogP contribution in [0, 0.1) is 11.3 Å². The molecule has 14 heavy (non-hydrogen) atoms. The smallest absolute Gasteiger partial charge is 0.414 e. The van der Waals surface area contributed by atoms with Crippen LogP contribution in [-0.4, -0.2) is 25.7 Å². The highest BCUT2D eigenvalue weighted by Gasteiger charge is 2.13. The minimum absolute atomic E-state index is 0.148. The molecule has 76 valence electrons. The van der Waals surface area contributed by atoms with E-state index in [-0.39, 0.29) is 12.2 Å². The summed E-state index contributed by atoms with van der Waals surface area (Å²) in [5.41, 5.74) is -0.305. The van der Waals surface area contributed by atoms with Gasteiger partial charge in [-0.05, 0) is 6.92 Å². The van der Waals surface area contributed by atoms with Crippen molar-refractivity contribution in [2.24, 2.45) is 0 Å². The molecule has 0 aliphatic rings. The second-order valence-electron chi connectivity index (χ2n) is 2.05. The third-order valence-electron chi connectivity index (χ3n) is 1.09. The molecule has 6 nitrogen and oxygen atoms in total. The van der Waals surface area contributed by atoms with Gasteiger partial charge in [-0.3, -0.25) is 10.1 Å². The molecule has 2 amide bonds. The number of nitrogens with zero attached hydrogens (tertiary/aromatic N) is 1. The Kier molecular flexibility index (Phi) is 5.54. The largest absolute Gasteiger partial charge is 0.503 e. The average molecular weight is 198 g/mol. The highest BCUT2D eigenvalue weighted by Crippen LogP contribution is 1.92. The number of carbonyl (C=O) groups excluding carboxylic acids is 2. The maximum Gasteiger partial charge on any atom is 0.414 e. The number of nitriles is 1. The van der Waals surface area contributed by atoms with Gasteiger partial charge in [-0.1, -0.05) is 0 Å². The summed E-state index contributed by atoms with van der Waals surface area (Å²) in [6.45, 7) is 1.75. The fourth-order valence-electron chi connectivity index (χ4n) is 0.576. The Hall–Kier alpha value is -2.03. The van der Waals surface area contributed by atoms with Gasteiger partial charge in [0, 0.05) is 0 Å². The molecule has 0 bridgehead atoms. The predicted molar refractivity (Wildman–Crippen MR) is 45.9 cm³/mol. The number of carbonyl (C=O) groups is 2. The molecule has 0 radical (unpaired) electrons. The zero-order valence-electron chi connectivity index (χ0n) is 7.86. The van der Waals surface area contributed by atoms with Crippen molar-refractivity contribution in [1.29, 1.82) is 5.26 Å². The summed E-state index contributed by atoms with van der Waals surface area (Å²) in [5, 5.41) is 10.3. The zero-order chi connectivity index (χ0) is 11.0. The Morgan fingerprint density at radius 1 is 1.57 bits per heavy atom. The van der Waals surface area contributed by atoms with Crippen molar-refractivity contribution in [3.63, 3.8) is 0 Å². The van der Waals surface area contributed by atoms with Crippen molar-refractivity contribution >= 4 is 12.0 Å². The molecule has 0 atom stereocenters. The molecule has 0 saturated heterocycles. The van der Waals surface area contributed by atoms with Crippen molar-refractivity contribution < 1.29 is 19.1 Å². The standard InChI is InChI=1S/C8H10N2O4/c1-3-14-8(12)10-7(11)6(4-9)5-13-2/h5H,3H2,1-2H3,(H,10,11,12). The first-order chi connectivity index (χ1) is 6.65. The predicted octanol–water partition coefficient (Wildman–Crippen LogP) is 0.313. The second kappa shape index (κ2) is 6.48. The molecule has 0 spiro atoms. The number of alkyl carbamates (subject to hydrolysis) is 1. The number of imide groups is 1. The van der Waals surface area contributed by atoms with E-state index < -0.39 is 12.0 Å². The van der Waals surface area contributed by atoms with E-state index in [1.165, 1.54) is 7.11 Å². The van der Waals surface area contributed by atoms with Gasteiger partial charge in [-0.15, -0.1) is 0 Å². The SMILES string of the molecule is CCOC(=O)NC(=O)C(C#N)=COC. The molecule has 6 heteroatoms. The molecule has 1 N–H and O–H groups in total. The minimum atomic E-state index is -0.894. The van der Waals surface area contributed by atoms with Gasteiger partial charge in [-0.2, -0.15) is 5.26 Å². The van der Waals surface area contributed by atoms with E-state index in [9.17, 15) is 9.59 Å². The Bertz CT molecular complexity index is 290. The Morgan fingerprint density at radius 2 is 2.21 bits per heavy atom. The third-order valence-corrected chi connectivity index (χ3v) is 1.09. The maximum absolute atomic E-state index is 11.1. The normalized spacial score (nSPS) is 9.93. The molecule has 0 saturated carbocycles. The highest BCUT2D eigenvalue weighted by atomic mass is 16.5. The fourth-order valence-corrected chi connectivity index (χ4v) is 0.576. The van der Waals surface area contributed by atoms with Gasteiger partial charge in [-0.25, -0.2) is 4.79 Å². The molecule has 0 aliphatic heterocycles. The molecule has 0 aliphatic carbocycles. The van der Waals surface area contributed by atoms with Crippen molar-refractivity contribution in [3.8, 4) is 6.07 Å². The topological polar surface area (TPSA) is 88.4 Å². The Morgan fingerprint density at radius 3 is 2.64 bits per heavy atom. The van der Waals surface area contributed by atoms with E-state index in [1.54, 1.807) is 13.0 Å². The molecule has 0 fully saturated rings. The minimum Gasteiger partial charge on any atom is -0.503 e. The highest BCUT2D eigenvalue weighted by molar-refractivity contribution is 6.04. The molecule has 0 rings (SSSR count). The maximum atomic E-state index is 11.1. The number of rotatable bonds is 3. The molecule has 0 aromatic carbocycles. The lowest BCUT2D eigenvalue weighted by atomic mass is 10.3. The molecular formula is C8H10N2O4. The Balaban J connectivity index is 4.27. The first-order valence-electron chi connectivity index (χ1n) is 3.76. The van der Waals surface area contributed by atoms with Gasteiger partial charge in [0.05, 0.1) is 13.7 Å². The summed E-state index contributed by atoms with van der Waals surface area (Å²) in [5.74, 6) is -0.854. The van der Waals surface area contributed by atoms with Crippen LogP contribution >= 0.6 is 0 Å². The monoisotopic (exact) mass is 198 g/mol. The summed E-state index contributed by atoms with van der Waals surface area (Å²) >= 11 is 0. The average Bonchev–Trinajstić information content (AvgIpc) is 2.14. The van der Waals surface area contributed by atoms with Crippen molar-refractivity contribution in [2.45, 2.75) is 6.92 Å². The number of methoxy groups -OCH3 is 1. The van der Waals surface area contributed by atoms with E-state index in [1.807, 2.05) is 5.32 Å². The molecule has 0 unspecified atom stereocenters. The molecule has 0 aromatic rings. The van der Waals surface area contributed by atoms with Crippen molar-refractivity contribution in [2.75, 3.05) is 13.7 Å². The van der Waals surface area contributed by atoms with Gasteiger partial charge in [0.1, 0.15) is 12.3 Å². The summed E-state index contributed by atoms with van der Waals surface area (Å²) in [7, 11) is 1.29. The summed E-state index contributed by atoms with van der Waals surface area (Å²) < 4.78 is 8.90. The quantitative estimate of drug-likeness (QED) is 0.400. The lowest BCUT2D eigenvalue weighted by molar-refractivity contribution is -0.116. The first kappa shape index (κ1) is 12.0. The molecule has 0 aromatic heterocycles. The van der Waals surface area contributed by atoms with Crippen LogP contribution in [0.25, 0.3) is 0 Å². The van der Waals surface area contributed by atoms with Crippen LogP contribution in [0.5, 0.6) is 0 Å². The zero-order valence-corrected chi connectivity index (χ0v) is 7.86. The van der Waals surface area contributed by atoms with Crippen molar-refractivity contribution in [1.82, 2.24) is 5.32 Å². The number of hydrogen-bond acceptors (Lipinski definition) is 5. The van der Waals surface area contributed by atoms with Crippen molar-refractivity contribution in [3.05, 3.63) is 11.8 Å². The van der Waals surface area contributed by atoms with Gasteiger partial charge in [0.2, 0.25) is 0 Å². The fraction of sp³-hybridized carbons (Fsp3) is 0.375. The van der Waals surface area contributed by atoms with Crippen LogP contribution in [0.15, 0.2) is 11.8 Å². The lowest BCUT2D eigenvalue weighted by Gasteiger charge is -2.02. The van der Waals surface area contributed by atoms with Crippen LogP contribution < -0.4 is 5.32 Å². The number of nitrogens with one attached hydrogen (secondary N) is 1. The van der Waals surface area contributed by atoms with Gasteiger partial charge < -0.3 is 9.47 Å². The van der Waals surface area contributed by atoms with Gasteiger partial charge >= 0.3 is 6.09 Å². The van der Waals surface area contributed by atoms with E-state index in [0.29, 0.717) is 0 Å². The lowest BCUT2D eigenvalue weighted by Crippen LogP contribution is -2.31. The van der Waals surface area contributed by atoms with E-state index >= 15 is 0 Å². The van der Waals surface area contributed by atoms with Crippen LogP contribution in [0.2, 0.25) is 0 Å². The number of ether oxygens (including phenoxy) is 2. The summed E-state index contributed by atoms with van der Waals surface area (Å²) in [6.07, 6.45) is 0.0453. The molecule has 0 heterocycles. The third kappa shape index (κ3) is 4.11. The van der Waals surface area contributed by atoms with Crippen LogP contribution in [0.4, 0.5) is 4.79 Å². The first-order valence-corrected chi connectivity index (χ1v) is 3.76. The second-order valence-corrected chi connectivity index (χ2v) is 2.05. The summed E-state index contributed by atoms with van der Waals surface area (Å²) in [4.78, 5) is 21.8. The van der Waals surface area contributed by atoms with E-state index in [0.717, 1.165) is 6.26 Å². The van der Waals surface area contributed by atoms with Crippen LogP contribution in [-0.2, 0) is 14.3 Å². The van der Waals surface area contributed by atoms with Gasteiger partial charge in [0.15, 0.2) is 5.57 Å². The number of hydrogen-bond donors (Lipinski definition) is 1.